The minimum atomic E-state index is -1.06. The lowest BCUT2D eigenvalue weighted by Crippen LogP contribution is -2.51. The summed E-state index contributed by atoms with van der Waals surface area (Å²) < 4.78 is 10.3. The Hall–Kier alpha value is -1.51. The van der Waals surface area contributed by atoms with E-state index in [0.29, 0.717) is 23.7 Å². The number of hydrogen-bond donors (Lipinski definition) is 1. The van der Waals surface area contributed by atoms with E-state index in [0.717, 1.165) is 5.01 Å². The number of morpholine rings is 1. The van der Waals surface area contributed by atoms with Crippen molar-refractivity contribution in [1.29, 1.82) is 0 Å². The molecule has 8 heteroatoms. The summed E-state index contributed by atoms with van der Waals surface area (Å²) in [5.74, 6) is -1.26. The van der Waals surface area contributed by atoms with Gasteiger partial charge in [-0.3, -0.25) is 4.79 Å². The maximum atomic E-state index is 12.6. The predicted octanol–water partition coefficient (Wildman–Crippen LogP) is 0.912. The molecule has 2 rings (SSSR count). The summed E-state index contributed by atoms with van der Waals surface area (Å²) in [4.78, 5) is 30.0. The molecule has 0 aliphatic carbocycles. The quantitative estimate of drug-likeness (QED) is 0.888. The Morgan fingerprint density at radius 3 is 2.86 bits per heavy atom. The van der Waals surface area contributed by atoms with Crippen LogP contribution in [-0.4, -0.2) is 59.3 Å². The van der Waals surface area contributed by atoms with E-state index >= 15 is 0 Å². The average molecular weight is 314 g/mol. The number of aryl methyl sites for hydroxylation is 1. The number of carboxylic acids is 1. The average Bonchev–Trinajstić information content (AvgIpc) is 2.78. The number of nitrogens with zero attached hydrogens (tertiary/aromatic N) is 2. The molecule has 2 heterocycles. The van der Waals surface area contributed by atoms with Crippen LogP contribution in [0, 0.1) is 6.92 Å². The van der Waals surface area contributed by atoms with Gasteiger partial charge in [-0.25, -0.2) is 9.78 Å². The molecular weight excluding hydrogens is 296 g/mol. The van der Waals surface area contributed by atoms with Crippen molar-refractivity contribution in [3.63, 3.8) is 0 Å². The highest BCUT2D eigenvalue weighted by Gasteiger charge is 2.34. The Balaban J connectivity index is 2.16. The zero-order chi connectivity index (χ0) is 15.6. The van der Waals surface area contributed by atoms with E-state index in [1.807, 2.05) is 0 Å². The van der Waals surface area contributed by atoms with E-state index in [-0.39, 0.29) is 18.6 Å². The number of aromatic nitrogens is 1. The summed E-state index contributed by atoms with van der Waals surface area (Å²) in [5, 5.41) is 9.80. The number of rotatable bonds is 4. The topological polar surface area (TPSA) is 89.0 Å². The first-order valence-corrected chi connectivity index (χ1v) is 7.36. The van der Waals surface area contributed by atoms with Crippen LogP contribution in [0.4, 0.5) is 0 Å². The SMILES string of the molecule is COCc1nc(C)c(C(=O)N2CC(C(=O)O)O[C@H](C)C2)s1. The molecule has 0 aromatic carbocycles. The van der Waals surface area contributed by atoms with Gasteiger partial charge in [-0.05, 0) is 13.8 Å². The molecule has 1 fully saturated rings. The number of hydrogen-bond acceptors (Lipinski definition) is 6. The summed E-state index contributed by atoms with van der Waals surface area (Å²) in [6.07, 6.45) is -1.29. The van der Waals surface area contributed by atoms with Gasteiger partial charge in [0.2, 0.25) is 0 Å². The number of ether oxygens (including phenoxy) is 2. The molecule has 0 bridgehead atoms. The van der Waals surface area contributed by atoms with Gasteiger partial charge in [0.25, 0.3) is 5.91 Å². The van der Waals surface area contributed by atoms with Crippen LogP contribution < -0.4 is 0 Å². The van der Waals surface area contributed by atoms with Gasteiger partial charge in [0.15, 0.2) is 6.10 Å². The zero-order valence-electron chi connectivity index (χ0n) is 12.2. The van der Waals surface area contributed by atoms with Crippen molar-refractivity contribution in [2.24, 2.45) is 0 Å². The first-order valence-electron chi connectivity index (χ1n) is 6.55. The molecule has 1 aromatic heterocycles. The number of carboxylic acid groups (broad SMARTS) is 1. The monoisotopic (exact) mass is 314 g/mol. The number of carbonyl (C=O) groups is 2. The van der Waals surface area contributed by atoms with Crippen LogP contribution in [0.25, 0.3) is 0 Å². The van der Waals surface area contributed by atoms with Crippen molar-refractivity contribution in [2.45, 2.75) is 32.7 Å². The van der Waals surface area contributed by atoms with Crippen molar-refractivity contribution in [3.8, 4) is 0 Å². The van der Waals surface area contributed by atoms with Crippen molar-refractivity contribution in [1.82, 2.24) is 9.88 Å². The fourth-order valence-corrected chi connectivity index (χ4v) is 3.24. The Kier molecular flexibility index (Phi) is 4.92. The van der Waals surface area contributed by atoms with E-state index in [4.69, 9.17) is 14.6 Å². The highest BCUT2D eigenvalue weighted by atomic mass is 32.1. The highest BCUT2D eigenvalue weighted by molar-refractivity contribution is 7.13. The lowest BCUT2D eigenvalue weighted by atomic mass is 10.2. The van der Waals surface area contributed by atoms with Gasteiger partial charge < -0.3 is 19.5 Å². The van der Waals surface area contributed by atoms with E-state index in [2.05, 4.69) is 4.98 Å². The summed E-state index contributed by atoms with van der Waals surface area (Å²) in [5.41, 5.74) is 0.642. The third-order valence-electron chi connectivity index (χ3n) is 3.13. The van der Waals surface area contributed by atoms with Crippen LogP contribution in [0.2, 0.25) is 0 Å². The first-order chi connectivity index (χ1) is 9.92. The molecule has 1 saturated heterocycles. The minimum Gasteiger partial charge on any atom is -0.479 e. The predicted molar refractivity (Wildman–Crippen MR) is 75.4 cm³/mol. The Labute approximate surface area is 126 Å². The normalized spacial score (nSPS) is 22.3. The molecule has 1 aromatic rings. The molecule has 1 aliphatic rings. The van der Waals surface area contributed by atoms with Crippen LogP contribution in [-0.2, 0) is 20.9 Å². The molecule has 0 radical (unpaired) electrons. The second kappa shape index (κ2) is 6.50. The van der Waals surface area contributed by atoms with Gasteiger partial charge >= 0.3 is 5.97 Å². The third kappa shape index (κ3) is 3.58. The highest BCUT2D eigenvalue weighted by Crippen LogP contribution is 2.23. The molecule has 21 heavy (non-hydrogen) atoms. The Morgan fingerprint density at radius 1 is 1.52 bits per heavy atom. The van der Waals surface area contributed by atoms with E-state index in [9.17, 15) is 9.59 Å². The third-order valence-corrected chi connectivity index (χ3v) is 4.24. The Morgan fingerprint density at radius 2 is 2.24 bits per heavy atom. The Bertz CT molecular complexity index is 545. The zero-order valence-corrected chi connectivity index (χ0v) is 13.0. The van der Waals surface area contributed by atoms with Gasteiger partial charge in [-0.2, -0.15) is 0 Å². The molecule has 1 aliphatic heterocycles. The van der Waals surface area contributed by atoms with Crippen LogP contribution in [0.5, 0.6) is 0 Å². The lowest BCUT2D eigenvalue weighted by Gasteiger charge is -2.34. The van der Waals surface area contributed by atoms with E-state index < -0.39 is 12.1 Å². The van der Waals surface area contributed by atoms with Crippen LogP contribution >= 0.6 is 11.3 Å². The van der Waals surface area contributed by atoms with Crippen molar-refractivity contribution >= 4 is 23.2 Å². The summed E-state index contributed by atoms with van der Waals surface area (Å²) in [6.45, 7) is 4.30. The van der Waals surface area contributed by atoms with Gasteiger partial charge in [0, 0.05) is 13.7 Å². The molecule has 7 nitrogen and oxygen atoms in total. The van der Waals surface area contributed by atoms with Crippen LogP contribution in [0.3, 0.4) is 0 Å². The van der Waals surface area contributed by atoms with Crippen molar-refractivity contribution < 1.29 is 24.2 Å². The van der Waals surface area contributed by atoms with Gasteiger partial charge in [-0.1, -0.05) is 0 Å². The summed E-state index contributed by atoms with van der Waals surface area (Å²) in [7, 11) is 1.57. The molecule has 1 N–H and O–H groups in total. The van der Waals surface area contributed by atoms with E-state index in [1.165, 1.54) is 16.2 Å². The molecule has 116 valence electrons. The second-order valence-electron chi connectivity index (χ2n) is 4.94. The number of thiazole rings is 1. The van der Waals surface area contributed by atoms with Gasteiger partial charge in [-0.15, -0.1) is 11.3 Å². The summed E-state index contributed by atoms with van der Waals surface area (Å²) >= 11 is 1.28. The minimum absolute atomic E-state index is 0.0510. The number of carbonyl (C=O) groups excluding carboxylic acids is 1. The second-order valence-corrected chi connectivity index (χ2v) is 6.02. The van der Waals surface area contributed by atoms with Crippen molar-refractivity contribution in [2.75, 3.05) is 20.2 Å². The lowest BCUT2D eigenvalue weighted by molar-refractivity contribution is -0.160. The largest absolute Gasteiger partial charge is 0.479 e. The number of amides is 1. The fourth-order valence-electron chi connectivity index (χ4n) is 2.23. The van der Waals surface area contributed by atoms with Crippen LogP contribution in [0.1, 0.15) is 27.3 Å². The van der Waals surface area contributed by atoms with Gasteiger partial charge in [0.1, 0.15) is 9.88 Å². The molecule has 1 unspecified atom stereocenters. The maximum absolute atomic E-state index is 12.6. The number of methoxy groups -OCH3 is 1. The number of aliphatic carboxylic acids is 1. The van der Waals surface area contributed by atoms with Gasteiger partial charge in [0.05, 0.1) is 24.9 Å². The molecule has 0 spiro atoms. The fraction of sp³-hybridized carbons (Fsp3) is 0.615. The van der Waals surface area contributed by atoms with Crippen LogP contribution in [0.15, 0.2) is 0 Å². The standard InChI is InChI=1S/C13H18N2O5S/c1-7-4-15(5-9(20-7)13(17)18)12(16)11-8(2)14-10(21-11)6-19-3/h7,9H,4-6H2,1-3H3,(H,17,18)/t7-,9?/m1/s1. The molecule has 2 atom stereocenters. The molecule has 1 amide bonds. The smallest absolute Gasteiger partial charge is 0.334 e. The molecule has 0 saturated carbocycles. The summed E-state index contributed by atoms with van der Waals surface area (Å²) in [6, 6.07) is 0. The maximum Gasteiger partial charge on any atom is 0.334 e. The van der Waals surface area contributed by atoms with Crippen molar-refractivity contribution in [3.05, 3.63) is 15.6 Å². The first kappa shape index (κ1) is 15.9. The molecular formula is C13H18N2O5S. The van der Waals surface area contributed by atoms with E-state index in [1.54, 1.807) is 21.0 Å².